The van der Waals surface area contributed by atoms with Crippen LogP contribution in [0.2, 0.25) is 0 Å². The zero-order valence-corrected chi connectivity index (χ0v) is 8.54. The minimum absolute atomic E-state index is 0.234. The van der Waals surface area contributed by atoms with Gasteiger partial charge in [-0.25, -0.2) is 5.01 Å². The first kappa shape index (κ1) is 9.71. The maximum absolute atomic E-state index is 11.7. The number of carbonyl (C=O) groups excluding carboxylic acids is 1. The molecule has 1 heterocycles. The number of carbonyl (C=O) groups is 1. The highest BCUT2D eigenvalue weighted by Crippen LogP contribution is 2.24. The van der Waals surface area contributed by atoms with Crippen molar-refractivity contribution in [1.82, 2.24) is 10.4 Å². The molecule has 1 fully saturated rings. The lowest BCUT2D eigenvalue weighted by atomic mass is 10.1. The Hall–Kier alpha value is -0.830. The van der Waals surface area contributed by atoms with Crippen molar-refractivity contribution < 1.29 is 4.79 Å². The maximum atomic E-state index is 11.7. The van der Waals surface area contributed by atoms with Crippen LogP contribution < -0.4 is 5.43 Å². The van der Waals surface area contributed by atoms with Crippen LogP contribution in [0.15, 0.2) is 12.2 Å². The summed E-state index contributed by atoms with van der Waals surface area (Å²) in [5, 5.41) is 2.01. The van der Waals surface area contributed by atoms with E-state index in [4.69, 9.17) is 0 Å². The molecule has 3 nitrogen and oxygen atoms in total. The summed E-state index contributed by atoms with van der Waals surface area (Å²) in [7, 11) is 0. The SMILES string of the molecule is O=C(NN1CC=CCC1)C1CCCC1. The van der Waals surface area contributed by atoms with Gasteiger partial charge in [-0.05, 0) is 19.3 Å². The lowest BCUT2D eigenvalue weighted by Gasteiger charge is -2.25. The van der Waals surface area contributed by atoms with Crippen molar-refractivity contribution >= 4 is 5.91 Å². The molecule has 1 aliphatic heterocycles. The molecule has 1 amide bonds. The number of hydrogen-bond acceptors (Lipinski definition) is 2. The second-order valence-corrected chi connectivity index (χ2v) is 4.16. The molecule has 78 valence electrons. The highest BCUT2D eigenvalue weighted by atomic mass is 16.2. The molecule has 0 bridgehead atoms. The molecule has 0 aromatic heterocycles. The van der Waals surface area contributed by atoms with Crippen molar-refractivity contribution in [2.24, 2.45) is 5.92 Å². The van der Waals surface area contributed by atoms with E-state index in [9.17, 15) is 4.79 Å². The number of rotatable bonds is 2. The van der Waals surface area contributed by atoms with Crippen LogP contribution in [0.25, 0.3) is 0 Å². The fraction of sp³-hybridized carbons (Fsp3) is 0.727. The van der Waals surface area contributed by atoms with Crippen LogP contribution in [0.5, 0.6) is 0 Å². The van der Waals surface area contributed by atoms with Crippen molar-refractivity contribution in [2.75, 3.05) is 13.1 Å². The molecule has 1 saturated carbocycles. The van der Waals surface area contributed by atoms with Gasteiger partial charge in [0.05, 0.1) is 0 Å². The van der Waals surface area contributed by atoms with Gasteiger partial charge in [0, 0.05) is 19.0 Å². The summed E-state index contributed by atoms with van der Waals surface area (Å²) in [6.07, 6.45) is 9.92. The summed E-state index contributed by atoms with van der Waals surface area (Å²) in [6, 6.07) is 0. The minimum Gasteiger partial charge on any atom is -0.288 e. The smallest absolute Gasteiger partial charge is 0.237 e. The highest BCUT2D eigenvalue weighted by molar-refractivity contribution is 5.78. The standard InChI is InChI=1S/C11H18N2O/c14-11(10-6-2-3-7-10)12-13-8-4-1-5-9-13/h1,4,10H,2-3,5-9H2,(H,12,14). The van der Waals surface area contributed by atoms with E-state index in [1.165, 1.54) is 12.8 Å². The van der Waals surface area contributed by atoms with Crippen molar-refractivity contribution in [2.45, 2.75) is 32.1 Å². The first-order chi connectivity index (χ1) is 6.86. The molecule has 0 aromatic carbocycles. The molecule has 2 rings (SSSR count). The van der Waals surface area contributed by atoms with Gasteiger partial charge in [0.1, 0.15) is 0 Å². The Kier molecular flexibility index (Phi) is 3.19. The second kappa shape index (κ2) is 4.60. The van der Waals surface area contributed by atoms with E-state index in [-0.39, 0.29) is 11.8 Å². The Labute approximate surface area is 85.1 Å². The van der Waals surface area contributed by atoms with Gasteiger partial charge in [-0.3, -0.25) is 10.2 Å². The zero-order chi connectivity index (χ0) is 9.80. The molecule has 0 atom stereocenters. The Morgan fingerprint density at radius 2 is 2.07 bits per heavy atom. The van der Waals surface area contributed by atoms with Gasteiger partial charge in [0.2, 0.25) is 5.91 Å². The summed E-state index contributed by atoms with van der Waals surface area (Å²) < 4.78 is 0. The largest absolute Gasteiger partial charge is 0.288 e. The van der Waals surface area contributed by atoms with Crippen LogP contribution >= 0.6 is 0 Å². The molecule has 0 unspecified atom stereocenters. The third-order valence-corrected chi connectivity index (χ3v) is 3.05. The van der Waals surface area contributed by atoms with Gasteiger partial charge >= 0.3 is 0 Å². The highest BCUT2D eigenvalue weighted by Gasteiger charge is 2.23. The third-order valence-electron chi connectivity index (χ3n) is 3.05. The number of amides is 1. The van der Waals surface area contributed by atoms with E-state index in [2.05, 4.69) is 17.6 Å². The summed E-state index contributed by atoms with van der Waals surface area (Å²) in [5.74, 6) is 0.513. The summed E-state index contributed by atoms with van der Waals surface area (Å²) in [4.78, 5) is 11.7. The van der Waals surface area contributed by atoms with E-state index >= 15 is 0 Å². The minimum atomic E-state index is 0.234. The Morgan fingerprint density at radius 3 is 2.71 bits per heavy atom. The molecule has 0 aromatic rings. The Balaban J connectivity index is 1.78. The third kappa shape index (κ3) is 2.35. The maximum Gasteiger partial charge on any atom is 0.237 e. The molecular weight excluding hydrogens is 176 g/mol. The zero-order valence-electron chi connectivity index (χ0n) is 8.54. The van der Waals surface area contributed by atoms with Crippen LogP contribution in [0.4, 0.5) is 0 Å². The first-order valence-electron chi connectivity index (χ1n) is 5.57. The van der Waals surface area contributed by atoms with Gasteiger partial charge in [-0.15, -0.1) is 0 Å². The molecular formula is C11H18N2O. The lowest BCUT2D eigenvalue weighted by Crippen LogP contribution is -2.45. The predicted molar refractivity (Wildman–Crippen MR) is 55.4 cm³/mol. The van der Waals surface area contributed by atoms with Crippen molar-refractivity contribution in [3.63, 3.8) is 0 Å². The van der Waals surface area contributed by atoms with Crippen molar-refractivity contribution in [3.05, 3.63) is 12.2 Å². The monoisotopic (exact) mass is 194 g/mol. The summed E-state index contributed by atoms with van der Waals surface area (Å²) in [5.41, 5.74) is 3.00. The molecule has 0 radical (unpaired) electrons. The van der Waals surface area contributed by atoms with E-state index in [1.54, 1.807) is 0 Å². The molecule has 1 aliphatic carbocycles. The summed E-state index contributed by atoms with van der Waals surface area (Å²) in [6.45, 7) is 1.81. The second-order valence-electron chi connectivity index (χ2n) is 4.16. The number of hydrazine groups is 1. The van der Waals surface area contributed by atoms with Crippen LogP contribution in [0.1, 0.15) is 32.1 Å². The number of nitrogens with zero attached hydrogens (tertiary/aromatic N) is 1. The topological polar surface area (TPSA) is 32.3 Å². The van der Waals surface area contributed by atoms with Crippen LogP contribution in [-0.2, 0) is 4.79 Å². The van der Waals surface area contributed by atoms with Gasteiger partial charge < -0.3 is 0 Å². The quantitative estimate of drug-likeness (QED) is 0.675. The molecule has 0 spiro atoms. The van der Waals surface area contributed by atoms with Gasteiger partial charge in [0.25, 0.3) is 0 Å². The van der Waals surface area contributed by atoms with Crippen molar-refractivity contribution in [3.8, 4) is 0 Å². The van der Waals surface area contributed by atoms with Gasteiger partial charge in [-0.1, -0.05) is 25.0 Å². The van der Waals surface area contributed by atoms with E-state index in [0.717, 1.165) is 32.4 Å². The summed E-state index contributed by atoms with van der Waals surface area (Å²) >= 11 is 0. The Morgan fingerprint density at radius 1 is 1.29 bits per heavy atom. The predicted octanol–water partition coefficient (Wildman–Crippen LogP) is 1.47. The van der Waals surface area contributed by atoms with Crippen molar-refractivity contribution in [1.29, 1.82) is 0 Å². The van der Waals surface area contributed by atoms with Crippen LogP contribution in [0.3, 0.4) is 0 Å². The Bertz CT molecular complexity index is 231. The van der Waals surface area contributed by atoms with Gasteiger partial charge in [-0.2, -0.15) is 0 Å². The fourth-order valence-corrected chi connectivity index (χ4v) is 2.18. The van der Waals surface area contributed by atoms with Crippen LogP contribution in [0, 0.1) is 5.92 Å². The van der Waals surface area contributed by atoms with Gasteiger partial charge in [0.15, 0.2) is 0 Å². The van der Waals surface area contributed by atoms with Crippen LogP contribution in [-0.4, -0.2) is 24.0 Å². The number of hydrogen-bond donors (Lipinski definition) is 1. The molecule has 2 aliphatic rings. The van der Waals surface area contributed by atoms with E-state index < -0.39 is 0 Å². The normalized spacial score (nSPS) is 24.0. The fourth-order valence-electron chi connectivity index (χ4n) is 2.18. The average Bonchev–Trinajstić information content (AvgIpc) is 2.72. The first-order valence-corrected chi connectivity index (χ1v) is 5.57. The van der Waals surface area contributed by atoms with E-state index in [0.29, 0.717) is 0 Å². The molecule has 14 heavy (non-hydrogen) atoms. The molecule has 3 heteroatoms. The molecule has 0 saturated heterocycles. The average molecular weight is 194 g/mol. The number of nitrogens with one attached hydrogen (secondary N) is 1. The lowest BCUT2D eigenvalue weighted by molar-refractivity contribution is -0.129. The molecule has 1 N–H and O–H groups in total. The van der Waals surface area contributed by atoms with E-state index in [1.807, 2.05) is 5.01 Å².